The van der Waals surface area contributed by atoms with Crippen LogP contribution in [-0.4, -0.2) is 63.2 Å². The van der Waals surface area contributed by atoms with Crippen LogP contribution in [0.15, 0.2) is 24.3 Å². The van der Waals surface area contributed by atoms with Gasteiger partial charge in [0.15, 0.2) is 0 Å². The third kappa shape index (κ3) is 3.60. The fourth-order valence-electron chi connectivity index (χ4n) is 4.05. The Bertz CT molecular complexity index is 656. The van der Waals surface area contributed by atoms with Gasteiger partial charge in [0.2, 0.25) is 10.0 Å². The highest BCUT2D eigenvalue weighted by Crippen LogP contribution is 2.39. The van der Waals surface area contributed by atoms with E-state index < -0.39 is 10.0 Å². The number of sulfonamides is 1. The van der Waals surface area contributed by atoms with Gasteiger partial charge in [-0.05, 0) is 50.4 Å². The number of ether oxygens (including phenoxy) is 1. The summed E-state index contributed by atoms with van der Waals surface area (Å²) in [6.07, 6.45) is 2.51. The van der Waals surface area contributed by atoms with E-state index >= 15 is 0 Å². The van der Waals surface area contributed by atoms with Gasteiger partial charge in [-0.1, -0.05) is 18.2 Å². The molecule has 2 unspecified atom stereocenters. The fraction of sp³-hybridized carbons (Fsp3) is 0.667. The van der Waals surface area contributed by atoms with Crippen LogP contribution in [0.5, 0.6) is 5.75 Å². The van der Waals surface area contributed by atoms with Crippen LogP contribution in [0, 0.1) is 5.92 Å². The predicted octanol–water partition coefficient (Wildman–Crippen LogP) is 2.16. The number of rotatable bonds is 6. The Morgan fingerprint density at radius 1 is 1.17 bits per heavy atom. The summed E-state index contributed by atoms with van der Waals surface area (Å²) >= 11 is 0. The first kappa shape index (κ1) is 17.7. The molecule has 0 N–H and O–H groups in total. The standard InChI is InChI=1S/C18H28N2O3S/c1-3-24(21,22)20-13-15(12-19-10-6-7-11-19)17(14-20)16-8-4-5-9-18(16)23-2/h4-5,8-9,15,17H,3,6-7,10-14H2,1-2H3. The van der Waals surface area contributed by atoms with Crippen LogP contribution in [0.25, 0.3) is 0 Å². The molecule has 2 heterocycles. The van der Waals surface area contributed by atoms with E-state index in [-0.39, 0.29) is 11.7 Å². The summed E-state index contributed by atoms with van der Waals surface area (Å²) in [6.45, 7) is 6.15. The highest BCUT2D eigenvalue weighted by molar-refractivity contribution is 7.89. The Labute approximate surface area is 145 Å². The lowest BCUT2D eigenvalue weighted by Gasteiger charge is -2.25. The molecule has 0 bridgehead atoms. The lowest BCUT2D eigenvalue weighted by Crippen LogP contribution is -2.33. The Morgan fingerprint density at radius 2 is 1.88 bits per heavy atom. The molecule has 5 nitrogen and oxygen atoms in total. The summed E-state index contributed by atoms with van der Waals surface area (Å²) in [5.41, 5.74) is 1.14. The van der Waals surface area contributed by atoms with Crippen LogP contribution in [-0.2, 0) is 10.0 Å². The average molecular weight is 353 g/mol. The van der Waals surface area contributed by atoms with Crippen molar-refractivity contribution in [3.8, 4) is 5.75 Å². The van der Waals surface area contributed by atoms with E-state index in [1.807, 2.05) is 18.2 Å². The van der Waals surface area contributed by atoms with E-state index in [2.05, 4.69) is 11.0 Å². The highest BCUT2D eigenvalue weighted by atomic mass is 32.2. The minimum absolute atomic E-state index is 0.169. The lowest BCUT2D eigenvalue weighted by molar-refractivity contribution is 0.270. The monoisotopic (exact) mass is 352 g/mol. The van der Waals surface area contributed by atoms with E-state index in [4.69, 9.17) is 4.74 Å². The second kappa shape index (κ2) is 7.42. The maximum Gasteiger partial charge on any atom is 0.213 e. The van der Waals surface area contributed by atoms with Gasteiger partial charge in [-0.25, -0.2) is 12.7 Å². The number of para-hydroxylation sites is 1. The second-order valence-electron chi connectivity index (χ2n) is 6.83. The molecule has 0 spiro atoms. The molecule has 2 saturated heterocycles. The molecule has 0 aliphatic carbocycles. The minimum Gasteiger partial charge on any atom is -0.496 e. The zero-order chi connectivity index (χ0) is 17.2. The van der Waals surface area contributed by atoms with Gasteiger partial charge >= 0.3 is 0 Å². The largest absolute Gasteiger partial charge is 0.496 e. The summed E-state index contributed by atoms with van der Waals surface area (Å²) in [7, 11) is -1.47. The highest BCUT2D eigenvalue weighted by Gasteiger charge is 2.40. The molecule has 2 fully saturated rings. The molecule has 0 radical (unpaired) electrons. The summed E-state index contributed by atoms with van der Waals surface area (Å²) in [4.78, 5) is 2.48. The van der Waals surface area contributed by atoms with E-state index in [1.54, 1.807) is 18.3 Å². The summed E-state index contributed by atoms with van der Waals surface area (Å²) in [5.74, 6) is 1.55. The molecule has 2 aliphatic rings. The molecule has 1 aromatic rings. The first-order valence-corrected chi connectivity index (χ1v) is 10.5. The molecule has 3 rings (SSSR count). The quantitative estimate of drug-likeness (QED) is 0.787. The van der Waals surface area contributed by atoms with Gasteiger partial charge in [-0.3, -0.25) is 0 Å². The van der Waals surface area contributed by atoms with Crippen molar-refractivity contribution in [3.63, 3.8) is 0 Å². The van der Waals surface area contributed by atoms with Crippen molar-refractivity contribution in [2.75, 3.05) is 45.6 Å². The zero-order valence-corrected chi connectivity index (χ0v) is 15.5. The van der Waals surface area contributed by atoms with E-state index in [0.717, 1.165) is 30.9 Å². The lowest BCUT2D eigenvalue weighted by atomic mass is 9.88. The maximum absolute atomic E-state index is 12.4. The van der Waals surface area contributed by atoms with E-state index in [1.165, 1.54) is 12.8 Å². The maximum atomic E-state index is 12.4. The number of methoxy groups -OCH3 is 1. The number of benzene rings is 1. The minimum atomic E-state index is -3.15. The molecular formula is C18H28N2O3S. The molecule has 0 aromatic heterocycles. The van der Waals surface area contributed by atoms with Crippen molar-refractivity contribution >= 4 is 10.0 Å². The van der Waals surface area contributed by atoms with Crippen LogP contribution in [0.1, 0.15) is 31.2 Å². The van der Waals surface area contributed by atoms with Crippen molar-refractivity contribution in [3.05, 3.63) is 29.8 Å². The Morgan fingerprint density at radius 3 is 2.54 bits per heavy atom. The number of hydrogen-bond acceptors (Lipinski definition) is 4. The van der Waals surface area contributed by atoms with Crippen LogP contribution in [0.3, 0.4) is 0 Å². The number of likely N-dealkylation sites (tertiary alicyclic amines) is 1. The van der Waals surface area contributed by atoms with Gasteiger partial charge in [0.1, 0.15) is 5.75 Å². The van der Waals surface area contributed by atoms with Gasteiger partial charge in [0.05, 0.1) is 12.9 Å². The van der Waals surface area contributed by atoms with Crippen LogP contribution in [0.4, 0.5) is 0 Å². The first-order chi connectivity index (χ1) is 11.5. The van der Waals surface area contributed by atoms with Crippen molar-refractivity contribution < 1.29 is 13.2 Å². The smallest absolute Gasteiger partial charge is 0.213 e. The molecule has 6 heteroatoms. The normalized spacial score (nSPS) is 26.1. The Hall–Kier alpha value is -1.11. The van der Waals surface area contributed by atoms with Crippen LogP contribution < -0.4 is 4.74 Å². The summed E-state index contributed by atoms with van der Waals surface area (Å²) in [5, 5.41) is 0. The van der Waals surface area contributed by atoms with Crippen LogP contribution in [0.2, 0.25) is 0 Å². The molecular weight excluding hydrogens is 324 g/mol. The SMILES string of the molecule is CCS(=O)(=O)N1CC(CN2CCCC2)C(c2ccccc2OC)C1. The number of hydrogen-bond donors (Lipinski definition) is 0. The van der Waals surface area contributed by atoms with Crippen molar-refractivity contribution in [2.45, 2.75) is 25.7 Å². The molecule has 0 amide bonds. The molecule has 2 atom stereocenters. The van der Waals surface area contributed by atoms with Gasteiger partial charge in [0, 0.05) is 25.6 Å². The molecule has 2 aliphatic heterocycles. The third-order valence-corrected chi connectivity index (χ3v) is 7.21. The fourth-order valence-corrected chi connectivity index (χ4v) is 5.22. The predicted molar refractivity (Wildman–Crippen MR) is 95.9 cm³/mol. The van der Waals surface area contributed by atoms with E-state index in [9.17, 15) is 8.42 Å². The van der Waals surface area contributed by atoms with Gasteiger partial charge in [-0.15, -0.1) is 0 Å². The van der Waals surface area contributed by atoms with Gasteiger partial charge in [0.25, 0.3) is 0 Å². The second-order valence-corrected chi connectivity index (χ2v) is 9.09. The molecule has 0 saturated carbocycles. The summed E-state index contributed by atoms with van der Waals surface area (Å²) in [6, 6.07) is 8.04. The topological polar surface area (TPSA) is 49.9 Å². The van der Waals surface area contributed by atoms with Crippen molar-refractivity contribution in [2.24, 2.45) is 5.92 Å². The van der Waals surface area contributed by atoms with E-state index in [0.29, 0.717) is 19.0 Å². The van der Waals surface area contributed by atoms with Gasteiger partial charge in [-0.2, -0.15) is 0 Å². The zero-order valence-electron chi connectivity index (χ0n) is 14.6. The van der Waals surface area contributed by atoms with Crippen LogP contribution >= 0.6 is 0 Å². The molecule has 1 aromatic carbocycles. The van der Waals surface area contributed by atoms with Gasteiger partial charge < -0.3 is 9.64 Å². The average Bonchev–Trinajstić information content (AvgIpc) is 3.25. The Balaban J connectivity index is 1.87. The number of nitrogens with zero attached hydrogens (tertiary/aromatic N) is 2. The van der Waals surface area contributed by atoms with Crippen molar-refractivity contribution in [1.82, 2.24) is 9.21 Å². The molecule has 24 heavy (non-hydrogen) atoms. The molecule has 134 valence electrons. The first-order valence-electron chi connectivity index (χ1n) is 8.88. The summed E-state index contributed by atoms with van der Waals surface area (Å²) < 4.78 is 32.0. The van der Waals surface area contributed by atoms with Crippen molar-refractivity contribution in [1.29, 1.82) is 0 Å². The Kier molecular flexibility index (Phi) is 5.47. The third-order valence-electron chi connectivity index (χ3n) is 5.40.